The average Bonchev–Trinajstić information content (AvgIpc) is 2.79. The number of aromatic amines is 1. The Morgan fingerprint density at radius 2 is 2.09 bits per heavy atom. The molecule has 0 unspecified atom stereocenters. The van der Waals surface area contributed by atoms with E-state index in [2.05, 4.69) is 4.98 Å². The molecule has 2 N–H and O–H groups in total. The second-order valence-corrected chi connectivity index (χ2v) is 6.17. The fourth-order valence-electron chi connectivity index (χ4n) is 2.38. The highest BCUT2D eigenvalue weighted by Gasteiger charge is 2.23. The summed E-state index contributed by atoms with van der Waals surface area (Å²) in [5.41, 5.74) is 0.709. The molecule has 23 heavy (non-hydrogen) atoms. The molecular formula is C16H18ClFN2O3. The molecule has 2 rings (SSSR count). The summed E-state index contributed by atoms with van der Waals surface area (Å²) in [4.78, 5) is 27.8. The first-order valence-corrected chi connectivity index (χ1v) is 7.65. The van der Waals surface area contributed by atoms with E-state index in [-0.39, 0.29) is 35.5 Å². The maximum Gasteiger partial charge on any atom is 0.305 e. The highest BCUT2D eigenvalue weighted by molar-refractivity contribution is 6.38. The number of aliphatic carboxylic acids is 1. The summed E-state index contributed by atoms with van der Waals surface area (Å²) in [6, 6.07) is 4.05. The zero-order chi connectivity index (χ0) is 17.1. The van der Waals surface area contributed by atoms with E-state index in [1.807, 2.05) is 13.8 Å². The van der Waals surface area contributed by atoms with Crippen molar-refractivity contribution in [2.45, 2.75) is 20.3 Å². The van der Waals surface area contributed by atoms with E-state index in [9.17, 15) is 14.0 Å². The van der Waals surface area contributed by atoms with Crippen LogP contribution < -0.4 is 0 Å². The summed E-state index contributed by atoms with van der Waals surface area (Å²) in [5, 5.41) is 9.41. The number of carboxylic acids is 1. The van der Waals surface area contributed by atoms with Crippen LogP contribution in [0.3, 0.4) is 0 Å². The minimum absolute atomic E-state index is 0.0897. The van der Waals surface area contributed by atoms with Crippen LogP contribution in [0.1, 0.15) is 30.8 Å². The summed E-state index contributed by atoms with van der Waals surface area (Å²) >= 11 is 6.21. The number of nitrogens with zero attached hydrogens (tertiary/aromatic N) is 1. The van der Waals surface area contributed by atoms with Crippen LogP contribution in [0.2, 0.25) is 5.02 Å². The SMILES string of the molecule is CC(C)CN(CCC(=O)O)C(=O)c1[nH]c2ccc(F)cc2c1Cl. The van der Waals surface area contributed by atoms with Crippen molar-refractivity contribution in [3.63, 3.8) is 0 Å². The van der Waals surface area contributed by atoms with Gasteiger partial charge >= 0.3 is 5.97 Å². The van der Waals surface area contributed by atoms with Crippen molar-refractivity contribution in [3.05, 3.63) is 34.7 Å². The van der Waals surface area contributed by atoms with Gasteiger partial charge in [-0.25, -0.2) is 4.39 Å². The number of nitrogens with one attached hydrogen (secondary N) is 1. The largest absolute Gasteiger partial charge is 0.481 e. The van der Waals surface area contributed by atoms with Gasteiger partial charge in [0.2, 0.25) is 0 Å². The predicted octanol–water partition coefficient (Wildman–Crippen LogP) is 3.53. The third-order valence-electron chi connectivity index (χ3n) is 3.38. The first kappa shape index (κ1) is 17.3. The van der Waals surface area contributed by atoms with Crippen LogP contribution in [0.4, 0.5) is 4.39 Å². The number of carboxylic acid groups (broad SMARTS) is 1. The number of carbonyl (C=O) groups is 2. The number of rotatable bonds is 6. The molecule has 5 nitrogen and oxygen atoms in total. The number of benzene rings is 1. The van der Waals surface area contributed by atoms with Gasteiger partial charge in [0.05, 0.1) is 11.4 Å². The molecule has 0 aliphatic rings. The Balaban J connectivity index is 2.34. The Morgan fingerprint density at radius 1 is 1.39 bits per heavy atom. The topological polar surface area (TPSA) is 73.4 Å². The molecule has 2 aromatic rings. The van der Waals surface area contributed by atoms with Gasteiger partial charge in [-0.2, -0.15) is 0 Å². The summed E-state index contributed by atoms with van der Waals surface area (Å²) in [6.07, 6.45) is -0.148. The second-order valence-electron chi connectivity index (χ2n) is 5.79. The smallest absolute Gasteiger partial charge is 0.305 e. The summed E-state index contributed by atoms with van der Waals surface area (Å²) in [5.74, 6) is -1.63. The van der Waals surface area contributed by atoms with Gasteiger partial charge in [-0.1, -0.05) is 25.4 Å². The molecule has 0 saturated carbocycles. The number of hydrogen-bond acceptors (Lipinski definition) is 2. The molecule has 0 bridgehead atoms. The van der Waals surface area contributed by atoms with E-state index in [0.717, 1.165) is 0 Å². The van der Waals surface area contributed by atoms with E-state index >= 15 is 0 Å². The molecule has 0 fully saturated rings. The van der Waals surface area contributed by atoms with Crippen molar-refractivity contribution in [3.8, 4) is 0 Å². The van der Waals surface area contributed by atoms with Crippen LogP contribution in [0, 0.1) is 11.7 Å². The van der Waals surface area contributed by atoms with Gasteiger partial charge < -0.3 is 15.0 Å². The standard InChI is InChI=1S/C16H18ClFN2O3/c1-9(2)8-20(6-5-13(21)22)16(23)15-14(17)11-7-10(18)3-4-12(11)19-15/h3-4,7,9,19H,5-6,8H2,1-2H3,(H,21,22). The minimum atomic E-state index is -0.976. The zero-order valence-electron chi connectivity index (χ0n) is 12.9. The number of aromatic nitrogens is 1. The lowest BCUT2D eigenvalue weighted by molar-refractivity contribution is -0.137. The molecule has 1 heterocycles. The first-order chi connectivity index (χ1) is 10.8. The fraction of sp³-hybridized carbons (Fsp3) is 0.375. The number of H-pyrrole nitrogens is 1. The number of amides is 1. The molecule has 1 aromatic carbocycles. The van der Waals surface area contributed by atoms with Crippen molar-refractivity contribution in [1.29, 1.82) is 0 Å². The number of carbonyl (C=O) groups excluding carboxylic acids is 1. The molecule has 0 atom stereocenters. The van der Waals surface area contributed by atoms with Crippen LogP contribution in [-0.4, -0.2) is 40.0 Å². The van der Waals surface area contributed by atoms with E-state index in [4.69, 9.17) is 16.7 Å². The van der Waals surface area contributed by atoms with E-state index < -0.39 is 11.8 Å². The fourth-order valence-corrected chi connectivity index (χ4v) is 2.67. The summed E-state index contributed by atoms with van der Waals surface area (Å²) in [7, 11) is 0. The van der Waals surface area contributed by atoms with Crippen molar-refractivity contribution < 1.29 is 19.1 Å². The highest BCUT2D eigenvalue weighted by atomic mass is 35.5. The van der Waals surface area contributed by atoms with Crippen LogP contribution >= 0.6 is 11.6 Å². The molecule has 0 saturated heterocycles. The third kappa shape index (κ3) is 4.01. The lowest BCUT2D eigenvalue weighted by Crippen LogP contribution is -2.36. The number of fused-ring (bicyclic) bond motifs is 1. The molecule has 7 heteroatoms. The Hall–Kier alpha value is -2.08. The number of halogens is 2. The quantitative estimate of drug-likeness (QED) is 0.844. The monoisotopic (exact) mass is 340 g/mol. The summed E-state index contributed by atoms with van der Waals surface area (Å²) in [6.45, 7) is 4.37. The minimum Gasteiger partial charge on any atom is -0.481 e. The normalized spacial score (nSPS) is 11.2. The highest BCUT2D eigenvalue weighted by Crippen LogP contribution is 2.29. The second kappa shape index (κ2) is 7.00. The molecular weight excluding hydrogens is 323 g/mol. The van der Waals surface area contributed by atoms with Crippen LogP contribution in [0.25, 0.3) is 10.9 Å². The lowest BCUT2D eigenvalue weighted by atomic mass is 10.2. The summed E-state index contributed by atoms with van der Waals surface area (Å²) < 4.78 is 13.3. The lowest BCUT2D eigenvalue weighted by Gasteiger charge is -2.23. The van der Waals surface area contributed by atoms with Crippen LogP contribution in [0.5, 0.6) is 0 Å². The molecule has 1 aromatic heterocycles. The number of hydrogen-bond donors (Lipinski definition) is 2. The molecule has 124 valence electrons. The molecule has 0 aliphatic carbocycles. The van der Waals surface area contributed by atoms with Crippen molar-refractivity contribution >= 4 is 34.4 Å². The van der Waals surface area contributed by atoms with Crippen molar-refractivity contribution in [2.75, 3.05) is 13.1 Å². The molecule has 0 radical (unpaired) electrons. The van der Waals surface area contributed by atoms with Gasteiger partial charge in [-0.15, -0.1) is 0 Å². The Labute approximate surface area is 138 Å². The maximum absolute atomic E-state index is 13.3. The van der Waals surface area contributed by atoms with Gasteiger partial charge in [0.25, 0.3) is 5.91 Å². The third-order valence-corrected chi connectivity index (χ3v) is 3.77. The van der Waals surface area contributed by atoms with Crippen LogP contribution in [-0.2, 0) is 4.79 Å². The first-order valence-electron chi connectivity index (χ1n) is 7.27. The zero-order valence-corrected chi connectivity index (χ0v) is 13.7. The van der Waals surface area contributed by atoms with E-state index in [1.165, 1.54) is 23.1 Å². The van der Waals surface area contributed by atoms with Gasteiger partial charge in [-0.05, 0) is 24.1 Å². The maximum atomic E-state index is 13.3. The van der Waals surface area contributed by atoms with Gasteiger partial charge in [0.15, 0.2) is 0 Å². The van der Waals surface area contributed by atoms with E-state index in [1.54, 1.807) is 0 Å². The van der Waals surface area contributed by atoms with Crippen molar-refractivity contribution in [1.82, 2.24) is 9.88 Å². The Morgan fingerprint density at radius 3 is 2.70 bits per heavy atom. The van der Waals surface area contributed by atoms with Gasteiger partial charge in [-0.3, -0.25) is 9.59 Å². The predicted molar refractivity (Wildman–Crippen MR) is 86.3 cm³/mol. The Kier molecular flexibility index (Phi) is 5.26. The van der Waals surface area contributed by atoms with E-state index in [0.29, 0.717) is 17.4 Å². The van der Waals surface area contributed by atoms with Crippen LogP contribution in [0.15, 0.2) is 18.2 Å². The molecule has 0 spiro atoms. The Bertz CT molecular complexity index is 742. The van der Waals surface area contributed by atoms with Gasteiger partial charge in [0, 0.05) is 24.0 Å². The van der Waals surface area contributed by atoms with Crippen molar-refractivity contribution in [2.24, 2.45) is 5.92 Å². The average molecular weight is 341 g/mol. The molecule has 0 aliphatic heterocycles. The van der Waals surface area contributed by atoms with Gasteiger partial charge in [0.1, 0.15) is 11.5 Å². The molecule has 1 amide bonds.